The highest BCUT2D eigenvalue weighted by atomic mass is 16.5. The van der Waals surface area contributed by atoms with Crippen molar-refractivity contribution in [1.29, 1.82) is 0 Å². The highest BCUT2D eigenvalue weighted by Gasteiger charge is 2.37. The Morgan fingerprint density at radius 3 is 2.29 bits per heavy atom. The van der Waals surface area contributed by atoms with Crippen LogP contribution in [0.2, 0.25) is 0 Å². The van der Waals surface area contributed by atoms with Gasteiger partial charge in [-0.15, -0.1) is 0 Å². The highest BCUT2D eigenvalue weighted by molar-refractivity contribution is 5.88. The first-order valence-electron chi connectivity index (χ1n) is 11.9. The van der Waals surface area contributed by atoms with Crippen molar-refractivity contribution >= 4 is 18.0 Å². The lowest BCUT2D eigenvalue weighted by atomic mass is 9.98. The van der Waals surface area contributed by atoms with Crippen molar-refractivity contribution in [3.63, 3.8) is 0 Å². The van der Waals surface area contributed by atoms with Gasteiger partial charge in [0.05, 0.1) is 5.92 Å². The fourth-order valence-electron chi connectivity index (χ4n) is 5.52. The van der Waals surface area contributed by atoms with Crippen molar-refractivity contribution < 1.29 is 24.2 Å². The maximum absolute atomic E-state index is 13.1. The quantitative estimate of drug-likeness (QED) is 0.705. The largest absolute Gasteiger partial charge is 0.478 e. The zero-order valence-electron chi connectivity index (χ0n) is 18.9. The molecule has 3 aliphatic rings. The molecule has 2 aromatic carbocycles. The number of fused-ring (bicyclic) bond motifs is 3. The van der Waals surface area contributed by atoms with Crippen molar-refractivity contribution in [3.05, 3.63) is 71.3 Å². The molecule has 34 heavy (non-hydrogen) atoms. The van der Waals surface area contributed by atoms with Crippen LogP contribution in [0.1, 0.15) is 42.7 Å². The summed E-state index contributed by atoms with van der Waals surface area (Å²) in [6.07, 6.45) is 3.74. The standard InChI is InChI=1S/C27H28N2O5/c30-25(29-14-12-17(13-15-29)26(31)32)22-10-5-11-24(22)28-27(33)34-16-23-20-8-3-1-6-18(20)19-7-2-4-9-21(19)23/h1-4,6-9,12,22-24H,5,10-11,13-16H2,(H,28,33)(H,31,32)/t22-,24+/m0/s1. The molecular formula is C27H28N2O5. The zero-order valence-corrected chi connectivity index (χ0v) is 18.9. The van der Waals surface area contributed by atoms with Gasteiger partial charge >= 0.3 is 12.1 Å². The van der Waals surface area contributed by atoms with E-state index in [0.717, 1.165) is 24.0 Å². The van der Waals surface area contributed by atoms with Crippen LogP contribution in [0.25, 0.3) is 11.1 Å². The van der Waals surface area contributed by atoms with E-state index in [1.807, 2.05) is 24.3 Å². The van der Waals surface area contributed by atoms with Crippen LogP contribution < -0.4 is 5.32 Å². The number of hydrogen-bond acceptors (Lipinski definition) is 4. The Balaban J connectivity index is 1.20. The number of carbonyl (C=O) groups is 3. The fraction of sp³-hybridized carbons (Fsp3) is 0.370. The van der Waals surface area contributed by atoms with Crippen LogP contribution >= 0.6 is 0 Å². The van der Waals surface area contributed by atoms with Crippen molar-refractivity contribution in [2.45, 2.75) is 37.6 Å². The first-order valence-corrected chi connectivity index (χ1v) is 11.9. The Morgan fingerprint density at radius 2 is 1.68 bits per heavy atom. The summed E-state index contributed by atoms with van der Waals surface area (Å²) >= 11 is 0. The second-order valence-electron chi connectivity index (χ2n) is 9.18. The summed E-state index contributed by atoms with van der Waals surface area (Å²) in [6.45, 7) is 0.930. The normalized spacial score (nSPS) is 21.4. The molecule has 2 atom stereocenters. The Bertz CT molecular complexity index is 1110. The van der Waals surface area contributed by atoms with Crippen molar-refractivity contribution in [3.8, 4) is 11.1 Å². The second kappa shape index (κ2) is 9.33. The number of rotatable bonds is 5. The van der Waals surface area contributed by atoms with Crippen LogP contribution in [-0.2, 0) is 14.3 Å². The number of amides is 2. The second-order valence-corrected chi connectivity index (χ2v) is 9.18. The molecule has 1 heterocycles. The van der Waals surface area contributed by atoms with Gasteiger partial charge < -0.3 is 20.1 Å². The molecule has 5 rings (SSSR count). The molecule has 2 amide bonds. The maximum Gasteiger partial charge on any atom is 0.407 e. The van der Waals surface area contributed by atoms with Gasteiger partial charge in [0, 0.05) is 30.6 Å². The predicted octanol–water partition coefficient (Wildman–Crippen LogP) is 3.94. The van der Waals surface area contributed by atoms with Gasteiger partial charge in [-0.1, -0.05) is 61.0 Å². The topological polar surface area (TPSA) is 95.9 Å². The molecule has 0 saturated heterocycles. The highest BCUT2D eigenvalue weighted by Crippen LogP contribution is 2.44. The van der Waals surface area contributed by atoms with Crippen LogP contribution in [0, 0.1) is 5.92 Å². The minimum atomic E-state index is -0.928. The van der Waals surface area contributed by atoms with E-state index in [4.69, 9.17) is 9.84 Å². The van der Waals surface area contributed by atoms with E-state index in [1.165, 1.54) is 11.1 Å². The lowest BCUT2D eigenvalue weighted by molar-refractivity contribution is -0.137. The van der Waals surface area contributed by atoms with Gasteiger partial charge in [-0.3, -0.25) is 4.79 Å². The van der Waals surface area contributed by atoms with Crippen LogP contribution in [0.5, 0.6) is 0 Å². The summed E-state index contributed by atoms with van der Waals surface area (Å²) in [7, 11) is 0. The lowest BCUT2D eigenvalue weighted by Crippen LogP contribution is -2.47. The van der Waals surface area contributed by atoms with Gasteiger partial charge in [0.2, 0.25) is 5.91 Å². The number of alkyl carbamates (subject to hydrolysis) is 1. The molecule has 1 aliphatic heterocycles. The maximum atomic E-state index is 13.1. The molecule has 0 spiro atoms. The lowest BCUT2D eigenvalue weighted by Gasteiger charge is -2.30. The summed E-state index contributed by atoms with van der Waals surface area (Å²) in [5.74, 6) is -1.27. The van der Waals surface area contributed by atoms with E-state index in [0.29, 0.717) is 31.5 Å². The summed E-state index contributed by atoms with van der Waals surface area (Å²) in [5, 5.41) is 12.0. The minimum absolute atomic E-state index is 0.0114. The molecular weight excluding hydrogens is 432 g/mol. The van der Waals surface area contributed by atoms with E-state index in [1.54, 1.807) is 11.0 Å². The molecule has 0 radical (unpaired) electrons. The molecule has 7 heteroatoms. The number of carboxylic acid groups (broad SMARTS) is 1. The van der Waals surface area contributed by atoms with E-state index in [2.05, 4.69) is 29.6 Å². The first kappa shape index (κ1) is 22.2. The van der Waals surface area contributed by atoms with Gasteiger partial charge in [0.25, 0.3) is 0 Å². The predicted molar refractivity (Wildman–Crippen MR) is 126 cm³/mol. The summed E-state index contributed by atoms with van der Waals surface area (Å²) in [4.78, 5) is 38.6. The number of hydrogen-bond donors (Lipinski definition) is 2. The monoisotopic (exact) mass is 460 g/mol. The molecule has 0 unspecified atom stereocenters. The first-order chi connectivity index (χ1) is 16.5. The Morgan fingerprint density at radius 1 is 1.00 bits per heavy atom. The van der Waals surface area contributed by atoms with Gasteiger partial charge in [0.1, 0.15) is 6.61 Å². The van der Waals surface area contributed by atoms with E-state index in [9.17, 15) is 14.4 Å². The number of carbonyl (C=O) groups excluding carboxylic acids is 2. The minimum Gasteiger partial charge on any atom is -0.478 e. The van der Waals surface area contributed by atoms with Gasteiger partial charge in [0.15, 0.2) is 0 Å². The van der Waals surface area contributed by atoms with Crippen molar-refractivity contribution in [1.82, 2.24) is 10.2 Å². The molecule has 2 N–H and O–H groups in total. The SMILES string of the molecule is O=C(N[C@@H]1CCC[C@@H]1C(=O)N1CC=C(C(=O)O)CC1)OCC1c2ccccc2-c2ccccc21. The average molecular weight is 461 g/mol. The number of nitrogens with one attached hydrogen (secondary N) is 1. The van der Waals surface area contributed by atoms with Crippen LogP contribution in [0.15, 0.2) is 60.2 Å². The van der Waals surface area contributed by atoms with E-state index < -0.39 is 12.1 Å². The third-order valence-corrected chi connectivity index (χ3v) is 7.28. The van der Waals surface area contributed by atoms with Crippen molar-refractivity contribution in [2.75, 3.05) is 19.7 Å². The van der Waals surface area contributed by atoms with Crippen molar-refractivity contribution in [2.24, 2.45) is 5.92 Å². The summed E-state index contributed by atoms with van der Waals surface area (Å²) < 4.78 is 5.67. The van der Waals surface area contributed by atoms with Crippen LogP contribution in [0.4, 0.5) is 4.79 Å². The Hall–Kier alpha value is -3.61. The number of benzene rings is 2. The van der Waals surface area contributed by atoms with Crippen LogP contribution in [0.3, 0.4) is 0 Å². The van der Waals surface area contributed by atoms with Crippen LogP contribution in [-0.4, -0.2) is 53.7 Å². The van der Waals surface area contributed by atoms with Gasteiger partial charge in [-0.25, -0.2) is 9.59 Å². The van der Waals surface area contributed by atoms with Gasteiger partial charge in [-0.05, 0) is 41.5 Å². The fourth-order valence-corrected chi connectivity index (χ4v) is 5.52. The summed E-state index contributed by atoms with van der Waals surface area (Å²) in [6, 6.07) is 16.1. The molecule has 0 bridgehead atoms. The van der Waals surface area contributed by atoms with Gasteiger partial charge in [-0.2, -0.15) is 0 Å². The number of ether oxygens (including phenoxy) is 1. The number of carboxylic acids is 1. The zero-order chi connectivity index (χ0) is 23.7. The van der Waals surface area contributed by atoms with E-state index >= 15 is 0 Å². The molecule has 176 valence electrons. The Labute approximate surface area is 198 Å². The molecule has 2 aromatic rings. The molecule has 1 fully saturated rings. The van der Waals surface area contributed by atoms with E-state index in [-0.39, 0.29) is 30.4 Å². The number of aliphatic carboxylic acids is 1. The molecule has 2 aliphatic carbocycles. The average Bonchev–Trinajstić information content (AvgIpc) is 3.45. The molecule has 7 nitrogen and oxygen atoms in total. The summed E-state index contributed by atoms with van der Waals surface area (Å²) in [5.41, 5.74) is 5.02. The Kier molecular flexibility index (Phi) is 6.09. The smallest absolute Gasteiger partial charge is 0.407 e. The number of nitrogens with zero attached hydrogens (tertiary/aromatic N) is 1. The third-order valence-electron chi connectivity index (χ3n) is 7.28. The molecule has 1 saturated carbocycles. The molecule has 0 aromatic heterocycles. The third kappa shape index (κ3) is 4.18.